The molecule has 0 aromatic carbocycles. The second kappa shape index (κ2) is 9.39. The predicted molar refractivity (Wildman–Crippen MR) is 100 cm³/mol. The molecule has 1 amide bonds. The van der Waals surface area contributed by atoms with E-state index in [2.05, 4.69) is 24.0 Å². The molecule has 2 aromatic heterocycles. The van der Waals surface area contributed by atoms with Gasteiger partial charge < -0.3 is 30.9 Å². The van der Waals surface area contributed by atoms with Crippen LogP contribution in [0.3, 0.4) is 0 Å². The molecule has 32 heavy (non-hydrogen) atoms. The number of nitrogens with two attached hydrogens (primary N) is 2. The lowest BCUT2D eigenvalue weighted by atomic mass is 10.1. The minimum atomic E-state index is -5.03. The summed E-state index contributed by atoms with van der Waals surface area (Å²) in [5.41, 5.74) is 12.7. The number of anilines is 1. The van der Waals surface area contributed by atoms with Gasteiger partial charge in [-0.25, -0.2) is 29.8 Å². The third-order valence-corrected chi connectivity index (χ3v) is 5.32. The summed E-state index contributed by atoms with van der Waals surface area (Å²) in [7, 11) is -5.03. The van der Waals surface area contributed by atoms with Crippen LogP contribution >= 0.6 is 7.82 Å². The second-order valence-electron chi connectivity index (χ2n) is 6.65. The minimum absolute atomic E-state index is 0.0828. The Balaban J connectivity index is 1.63. The fraction of sp³-hybridized carbons (Fsp3) is 0.500. The third kappa shape index (κ3) is 5.00. The van der Waals surface area contributed by atoms with Crippen LogP contribution in [0.1, 0.15) is 12.6 Å². The maximum absolute atomic E-state index is 12.0. The molecule has 9 N–H and O–H groups in total. The first kappa shape index (κ1) is 23.9. The van der Waals surface area contributed by atoms with Crippen molar-refractivity contribution in [3.63, 3.8) is 0 Å². The highest BCUT2D eigenvalue weighted by molar-refractivity contribution is 7.48. The summed E-state index contributed by atoms with van der Waals surface area (Å²) in [5.74, 6) is -2.39. The number of hydroxylamine groups is 1. The summed E-state index contributed by atoms with van der Waals surface area (Å²) in [6.07, 6.45) is -3.91. The number of nitrogen functional groups attached to an aromatic ring is 1. The Morgan fingerprint density at radius 2 is 2.03 bits per heavy atom. The molecular weight excluding hydrogens is 457 g/mol. The van der Waals surface area contributed by atoms with Crippen LogP contribution in [0.15, 0.2) is 12.7 Å². The first-order valence-electron chi connectivity index (χ1n) is 8.88. The highest BCUT2D eigenvalue weighted by atomic mass is 31.2. The lowest BCUT2D eigenvalue weighted by Crippen LogP contribution is -2.37. The SMILES string of the molecule is Nc1ncnc2c1ncn2[C@@H]1O[C@H](COP(=O)(O)OC(=O)[C@@H](N)CC(=O)NO)[C@@H](O)[C@H]1O. The number of carbonyl (C=O) groups excluding carboxylic acids is 2. The molecule has 1 aliphatic rings. The third-order valence-electron chi connectivity index (χ3n) is 4.44. The molecule has 0 saturated carbocycles. The molecule has 3 rings (SSSR count). The van der Waals surface area contributed by atoms with Gasteiger partial charge in [-0.1, -0.05) is 0 Å². The monoisotopic (exact) mass is 477 g/mol. The van der Waals surface area contributed by atoms with E-state index in [1.807, 2.05) is 0 Å². The van der Waals surface area contributed by atoms with Crippen molar-refractivity contribution >= 4 is 36.7 Å². The Bertz CT molecular complexity index is 1050. The molecular formula is C14H20N7O10P. The number of imidazole rings is 1. The molecule has 0 aliphatic carbocycles. The standard InChI is InChI=1S/C14H20N7O10P/c15-5(1-7(22)20-26)14(25)31-32(27,28)29-2-6-9(23)10(24)13(30-6)21-4-19-8-11(16)17-3-18-12(8)21/h3-6,9-10,13,23-24,26H,1-2,15H2,(H,20,22)(H,27,28)(H2,16,17,18)/t5-,6+,9+,10+,13+/m0/s1. The number of carbonyl (C=O) groups is 2. The number of aliphatic hydroxyl groups excluding tert-OH is 2. The first-order valence-corrected chi connectivity index (χ1v) is 10.4. The van der Waals surface area contributed by atoms with Crippen molar-refractivity contribution in [2.45, 2.75) is 37.0 Å². The second-order valence-corrected chi connectivity index (χ2v) is 8.03. The van der Waals surface area contributed by atoms with Crippen LogP contribution in [0.5, 0.6) is 0 Å². The van der Waals surface area contributed by atoms with Crippen LogP contribution in [0.4, 0.5) is 5.82 Å². The summed E-state index contributed by atoms with van der Waals surface area (Å²) in [4.78, 5) is 44.2. The van der Waals surface area contributed by atoms with Crippen LogP contribution < -0.4 is 16.9 Å². The van der Waals surface area contributed by atoms with Gasteiger partial charge in [0.05, 0.1) is 19.4 Å². The molecule has 0 bridgehead atoms. The molecule has 176 valence electrons. The van der Waals surface area contributed by atoms with Crippen LogP contribution in [-0.4, -0.2) is 82.7 Å². The number of ether oxygens (including phenoxy) is 1. The van der Waals surface area contributed by atoms with E-state index >= 15 is 0 Å². The molecule has 17 nitrogen and oxygen atoms in total. The van der Waals surface area contributed by atoms with Crippen LogP contribution in [0, 0.1) is 0 Å². The summed E-state index contributed by atoms with van der Waals surface area (Å²) >= 11 is 0. The lowest BCUT2D eigenvalue weighted by molar-refractivity contribution is -0.141. The number of aromatic nitrogens is 4. The van der Waals surface area contributed by atoms with E-state index in [0.29, 0.717) is 0 Å². The van der Waals surface area contributed by atoms with E-state index in [4.69, 9.17) is 21.4 Å². The number of aliphatic hydroxyl groups is 2. The average molecular weight is 477 g/mol. The average Bonchev–Trinajstić information content (AvgIpc) is 3.28. The van der Waals surface area contributed by atoms with Gasteiger partial charge in [0.25, 0.3) is 0 Å². The van der Waals surface area contributed by atoms with Crippen LogP contribution in [0.2, 0.25) is 0 Å². The van der Waals surface area contributed by atoms with E-state index in [-0.39, 0.29) is 17.0 Å². The van der Waals surface area contributed by atoms with Gasteiger partial charge in [-0.3, -0.25) is 24.0 Å². The number of hydrogen-bond acceptors (Lipinski definition) is 14. The van der Waals surface area contributed by atoms with Gasteiger partial charge in [0.15, 0.2) is 17.7 Å². The zero-order valence-corrected chi connectivity index (χ0v) is 17.0. The summed E-state index contributed by atoms with van der Waals surface area (Å²) in [6.45, 7) is -0.772. The van der Waals surface area contributed by atoms with Gasteiger partial charge in [0.1, 0.15) is 36.2 Å². The normalized spacial score (nSPS) is 25.9. The Morgan fingerprint density at radius 1 is 1.31 bits per heavy atom. The summed E-state index contributed by atoms with van der Waals surface area (Å²) in [5, 5.41) is 29.0. The predicted octanol–water partition coefficient (Wildman–Crippen LogP) is -3.09. The largest absolute Gasteiger partial charge is 0.529 e. The molecule has 6 atom stereocenters. The number of phosphoric acid groups is 1. The van der Waals surface area contributed by atoms with Crippen molar-refractivity contribution in [2.24, 2.45) is 5.73 Å². The fourth-order valence-corrected chi connectivity index (χ4v) is 3.61. The molecule has 1 unspecified atom stereocenters. The van der Waals surface area contributed by atoms with E-state index in [1.54, 1.807) is 0 Å². The van der Waals surface area contributed by atoms with Crippen molar-refractivity contribution in [3.8, 4) is 0 Å². The summed E-state index contributed by atoms with van der Waals surface area (Å²) < 4.78 is 27.7. The molecule has 0 radical (unpaired) electrons. The Morgan fingerprint density at radius 3 is 2.72 bits per heavy atom. The van der Waals surface area contributed by atoms with Gasteiger partial charge in [0, 0.05) is 0 Å². The van der Waals surface area contributed by atoms with Crippen molar-refractivity contribution < 1.29 is 48.3 Å². The molecule has 2 aromatic rings. The van der Waals surface area contributed by atoms with Gasteiger partial charge in [-0.05, 0) is 0 Å². The van der Waals surface area contributed by atoms with Gasteiger partial charge >= 0.3 is 13.8 Å². The molecule has 1 fully saturated rings. The first-order chi connectivity index (χ1) is 15.0. The molecule has 3 heterocycles. The van der Waals surface area contributed by atoms with Crippen molar-refractivity contribution in [1.29, 1.82) is 0 Å². The van der Waals surface area contributed by atoms with E-state index in [0.717, 1.165) is 0 Å². The topological polar surface area (TPSA) is 267 Å². The van der Waals surface area contributed by atoms with Crippen LogP contribution in [0.25, 0.3) is 11.2 Å². The Hall–Kier alpha value is -2.76. The number of nitrogens with one attached hydrogen (secondary N) is 1. The van der Waals surface area contributed by atoms with Gasteiger partial charge in [0.2, 0.25) is 5.91 Å². The molecule has 0 spiro atoms. The quantitative estimate of drug-likeness (QED) is 0.113. The number of nitrogens with zero attached hydrogens (tertiary/aromatic N) is 4. The Kier molecular flexibility index (Phi) is 7.01. The highest BCUT2D eigenvalue weighted by Crippen LogP contribution is 2.45. The Labute approximate surface area is 178 Å². The number of rotatable bonds is 8. The number of amides is 1. The summed E-state index contributed by atoms with van der Waals surface area (Å²) in [6, 6.07) is -1.66. The van der Waals surface area contributed by atoms with Crippen molar-refractivity contribution in [1.82, 2.24) is 25.0 Å². The fourth-order valence-electron chi connectivity index (χ4n) is 2.86. The lowest BCUT2D eigenvalue weighted by Gasteiger charge is -2.18. The molecule has 1 aliphatic heterocycles. The zero-order valence-electron chi connectivity index (χ0n) is 16.1. The molecule has 18 heteroatoms. The van der Waals surface area contributed by atoms with E-state index < -0.39 is 63.3 Å². The number of hydrogen-bond donors (Lipinski definition) is 7. The van der Waals surface area contributed by atoms with Crippen molar-refractivity contribution in [2.75, 3.05) is 12.3 Å². The van der Waals surface area contributed by atoms with Gasteiger partial charge in [-0.2, -0.15) is 0 Å². The number of fused-ring (bicyclic) bond motifs is 1. The minimum Gasteiger partial charge on any atom is -0.387 e. The zero-order chi connectivity index (χ0) is 23.6. The van der Waals surface area contributed by atoms with E-state index in [1.165, 1.54) is 22.7 Å². The van der Waals surface area contributed by atoms with Crippen LogP contribution in [-0.2, 0) is 27.9 Å². The maximum atomic E-state index is 12.0. The van der Waals surface area contributed by atoms with Gasteiger partial charge in [-0.15, -0.1) is 0 Å². The smallest absolute Gasteiger partial charge is 0.387 e. The maximum Gasteiger partial charge on any atom is 0.529 e. The number of phosphoric ester groups is 1. The van der Waals surface area contributed by atoms with E-state index in [9.17, 15) is 29.3 Å². The molecule has 1 saturated heterocycles. The van der Waals surface area contributed by atoms with Crippen molar-refractivity contribution in [3.05, 3.63) is 12.7 Å². The highest BCUT2D eigenvalue weighted by Gasteiger charge is 2.45.